The Balaban J connectivity index is 1.76. The molecule has 0 aliphatic carbocycles. The van der Waals surface area contributed by atoms with Crippen molar-refractivity contribution in [2.75, 3.05) is 25.0 Å². The van der Waals surface area contributed by atoms with Crippen LogP contribution in [0.3, 0.4) is 0 Å². The van der Waals surface area contributed by atoms with Crippen LogP contribution in [0.25, 0.3) is 10.1 Å². The molecule has 6 nitrogen and oxygen atoms in total. The number of fused-ring (bicyclic) bond motifs is 1. The number of rotatable bonds is 9. The number of hydrogen-bond donors (Lipinski definition) is 1. The molecule has 0 fully saturated rings. The number of esters is 1. The predicted molar refractivity (Wildman–Crippen MR) is 156 cm³/mol. The summed E-state index contributed by atoms with van der Waals surface area (Å²) in [5.41, 5.74) is 3.99. The zero-order valence-electron chi connectivity index (χ0n) is 22.3. The topological polar surface area (TPSA) is 75.7 Å². The average molecular weight is 549 g/mol. The number of thiophene rings is 2. The van der Waals surface area contributed by atoms with Crippen LogP contribution in [0, 0.1) is 13.8 Å². The molecule has 1 N–H and O–H groups in total. The normalized spacial score (nSPS) is 11.0. The summed E-state index contributed by atoms with van der Waals surface area (Å²) < 4.78 is 6.32. The van der Waals surface area contributed by atoms with Gasteiger partial charge in [0.1, 0.15) is 5.00 Å². The molecule has 2 aromatic carbocycles. The Labute approximate surface area is 231 Å². The van der Waals surface area contributed by atoms with Crippen molar-refractivity contribution in [3.05, 3.63) is 86.1 Å². The lowest BCUT2D eigenvalue weighted by Gasteiger charge is -2.18. The Morgan fingerprint density at radius 2 is 1.58 bits per heavy atom. The molecule has 198 valence electrons. The van der Waals surface area contributed by atoms with Crippen LogP contribution >= 0.6 is 22.7 Å². The highest BCUT2D eigenvalue weighted by atomic mass is 32.1. The summed E-state index contributed by atoms with van der Waals surface area (Å²) in [7, 11) is 0. The van der Waals surface area contributed by atoms with Crippen LogP contribution in [-0.2, 0) is 11.2 Å². The SMILES string of the molecule is CCOC(=O)c1c(NC(=O)c2sc3ccccc3c2Cc2ccc(C)cc2)sc(C(=O)N(CC)CC)c1C. The highest BCUT2D eigenvalue weighted by Gasteiger charge is 2.29. The van der Waals surface area contributed by atoms with Gasteiger partial charge in [-0.25, -0.2) is 4.79 Å². The molecule has 4 aromatic rings. The van der Waals surface area contributed by atoms with Crippen LogP contribution in [0.4, 0.5) is 5.00 Å². The van der Waals surface area contributed by atoms with E-state index in [1.807, 2.05) is 45.0 Å². The van der Waals surface area contributed by atoms with Crippen molar-refractivity contribution in [1.29, 1.82) is 0 Å². The van der Waals surface area contributed by atoms with Gasteiger partial charge in [-0.05, 0) is 69.2 Å². The smallest absolute Gasteiger partial charge is 0.341 e. The van der Waals surface area contributed by atoms with Gasteiger partial charge in [-0.1, -0.05) is 48.0 Å². The second kappa shape index (κ2) is 11.9. The van der Waals surface area contributed by atoms with Crippen LogP contribution in [0.15, 0.2) is 48.5 Å². The maximum atomic E-state index is 13.8. The second-order valence-electron chi connectivity index (χ2n) is 8.98. The number of benzene rings is 2. The minimum absolute atomic E-state index is 0.162. The van der Waals surface area contributed by atoms with E-state index < -0.39 is 5.97 Å². The molecule has 38 heavy (non-hydrogen) atoms. The molecule has 0 bridgehead atoms. The Morgan fingerprint density at radius 1 is 0.895 bits per heavy atom. The molecule has 4 rings (SSSR count). The van der Waals surface area contributed by atoms with Crippen molar-refractivity contribution in [3.63, 3.8) is 0 Å². The molecule has 2 heterocycles. The highest BCUT2D eigenvalue weighted by molar-refractivity contribution is 7.21. The lowest BCUT2D eigenvalue weighted by Crippen LogP contribution is -2.30. The summed E-state index contributed by atoms with van der Waals surface area (Å²) in [6.07, 6.45) is 0.604. The maximum absolute atomic E-state index is 13.8. The lowest BCUT2D eigenvalue weighted by molar-refractivity contribution is 0.0527. The Morgan fingerprint density at radius 3 is 2.24 bits per heavy atom. The number of amides is 2. The number of hydrogen-bond acceptors (Lipinski definition) is 6. The first kappa shape index (κ1) is 27.5. The van der Waals surface area contributed by atoms with Gasteiger partial charge in [0, 0.05) is 17.8 Å². The van der Waals surface area contributed by atoms with E-state index >= 15 is 0 Å². The van der Waals surface area contributed by atoms with Gasteiger partial charge in [-0.2, -0.15) is 0 Å². The van der Waals surface area contributed by atoms with Crippen LogP contribution in [0.5, 0.6) is 0 Å². The monoisotopic (exact) mass is 548 g/mol. The fourth-order valence-electron chi connectivity index (χ4n) is 4.44. The van der Waals surface area contributed by atoms with Gasteiger partial charge < -0.3 is 15.0 Å². The molecule has 8 heteroatoms. The van der Waals surface area contributed by atoms with Crippen LogP contribution in [-0.4, -0.2) is 42.4 Å². The van der Waals surface area contributed by atoms with Gasteiger partial charge in [0.15, 0.2) is 0 Å². The van der Waals surface area contributed by atoms with Crippen molar-refractivity contribution >= 4 is 55.5 Å². The van der Waals surface area contributed by atoms with Crippen molar-refractivity contribution in [2.45, 2.75) is 41.0 Å². The lowest BCUT2D eigenvalue weighted by atomic mass is 10.0. The fraction of sp³-hybridized carbons (Fsp3) is 0.300. The highest BCUT2D eigenvalue weighted by Crippen LogP contribution is 2.37. The first-order valence-electron chi connectivity index (χ1n) is 12.8. The predicted octanol–water partition coefficient (Wildman–Crippen LogP) is 7.08. The van der Waals surface area contributed by atoms with E-state index in [4.69, 9.17) is 4.74 Å². The number of aryl methyl sites for hydroxylation is 1. The summed E-state index contributed by atoms with van der Waals surface area (Å²) in [4.78, 5) is 42.6. The van der Waals surface area contributed by atoms with E-state index in [9.17, 15) is 14.4 Å². The molecule has 2 amide bonds. The zero-order valence-corrected chi connectivity index (χ0v) is 24.0. The van der Waals surface area contributed by atoms with Crippen molar-refractivity contribution in [3.8, 4) is 0 Å². The largest absolute Gasteiger partial charge is 0.462 e. The number of ether oxygens (including phenoxy) is 1. The maximum Gasteiger partial charge on any atom is 0.341 e. The van der Waals surface area contributed by atoms with Crippen LogP contribution in [0.2, 0.25) is 0 Å². The van der Waals surface area contributed by atoms with Gasteiger partial charge in [0.2, 0.25) is 0 Å². The van der Waals surface area contributed by atoms with Crippen LogP contribution in [0.1, 0.15) is 72.7 Å². The third-order valence-electron chi connectivity index (χ3n) is 6.50. The number of anilines is 1. The van der Waals surface area contributed by atoms with Crippen molar-refractivity contribution in [1.82, 2.24) is 4.90 Å². The van der Waals surface area contributed by atoms with E-state index in [-0.39, 0.29) is 24.0 Å². The van der Waals surface area contributed by atoms with Crippen molar-refractivity contribution < 1.29 is 19.1 Å². The van der Waals surface area contributed by atoms with E-state index in [1.54, 1.807) is 18.7 Å². The minimum Gasteiger partial charge on any atom is -0.462 e. The molecular formula is C30H32N2O4S2. The summed E-state index contributed by atoms with van der Waals surface area (Å²) in [5, 5.41) is 4.34. The third kappa shape index (κ3) is 5.51. The molecule has 0 spiro atoms. The Bertz CT molecular complexity index is 1480. The summed E-state index contributed by atoms with van der Waals surface area (Å²) >= 11 is 2.56. The van der Waals surface area contributed by atoms with Gasteiger partial charge in [0.05, 0.1) is 21.9 Å². The van der Waals surface area contributed by atoms with E-state index in [0.29, 0.717) is 39.8 Å². The van der Waals surface area contributed by atoms with Crippen molar-refractivity contribution in [2.24, 2.45) is 0 Å². The summed E-state index contributed by atoms with van der Waals surface area (Å²) in [6.45, 7) is 10.6. The van der Waals surface area contributed by atoms with E-state index in [2.05, 4.69) is 29.6 Å². The number of nitrogens with one attached hydrogen (secondary N) is 1. The molecule has 0 aliphatic rings. The van der Waals surface area contributed by atoms with Crippen LogP contribution < -0.4 is 5.32 Å². The van der Waals surface area contributed by atoms with Gasteiger partial charge in [0.25, 0.3) is 11.8 Å². The van der Waals surface area contributed by atoms with Gasteiger partial charge in [-0.15, -0.1) is 22.7 Å². The molecule has 0 saturated carbocycles. The molecule has 0 aliphatic heterocycles. The van der Waals surface area contributed by atoms with Gasteiger partial charge >= 0.3 is 5.97 Å². The quantitative estimate of drug-likeness (QED) is 0.227. The Hall–Kier alpha value is -3.49. The molecular weight excluding hydrogens is 516 g/mol. The first-order chi connectivity index (χ1) is 18.3. The number of carbonyl (C=O) groups is 3. The summed E-state index contributed by atoms with van der Waals surface area (Å²) in [5.74, 6) is -1.02. The first-order valence-corrected chi connectivity index (χ1v) is 14.4. The molecule has 2 aromatic heterocycles. The second-order valence-corrected chi connectivity index (χ2v) is 11.1. The fourth-order valence-corrected chi connectivity index (χ4v) is 6.71. The molecule has 0 atom stereocenters. The number of carbonyl (C=O) groups excluding carboxylic acids is 3. The average Bonchev–Trinajstić information content (AvgIpc) is 3.43. The molecule has 0 saturated heterocycles. The number of nitrogens with zero attached hydrogens (tertiary/aromatic N) is 1. The zero-order chi connectivity index (χ0) is 27.4. The van der Waals surface area contributed by atoms with E-state index in [1.165, 1.54) is 16.9 Å². The molecule has 0 unspecified atom stereocenters. The third-order valence-corrected chi connectivity index (χ3v) is 8.91. The standard InChI is InChI=1S/C30H32N2O4S2/c1-6-32(7-2)29(34)25-19(5)24(30(35)36-8-3)28(38-25)31-27(33)26-22(17-20-15-13-18(4)14-16-20)21-11-9-10-12-23(21)37-26/h9-16H,6-8,17H2,1-5H3,(H,31,33). The van der Waals surface area contributed by atoms with E-state index in [0.717, 1.165) is 32.5 Å². The summed E-state index contributed by atoms with van der Waals surface area (Å²) in [6, 6.07) is 16.3. The Kier molecular flexibility index (Phi) is 8.64. The van der Waals surface area contributed by atoms with Gasteiger partial charge in [-0.3, -0.25) is 9.59 Å². The molecule has 0 radical (unpaired) electrons. The minimum atomic E-state index is -0.550.